The molecule has 0 amide bonds. The van der Waals surface area contributed by atoms with E-state index in [1.54, 1.807) is 0 Å². The summed E-state index contributed by atoms with van der Waals surface area (Å²) in [6.07, 6.45) is 10.2. The summed E-state index contributed by atoms with van der Waals surface area (Å²) in [5.74, 6) is 0. The van der Waals surface area contributed by atoms with E-state index in [2.05, 4.69) is 5.32 Å². The Morgan fingerprint density at radius 3 is 2.06 bits per heavy atom. The Bertz CT molecular complexity index is 230. The van der Waals surface area contributed by atoms with Gasteiger partial charge in [-0.1, -0.05) is 25.7 Å². The van der Waals surface area contributed by atoms with Gasteiger partial charge in [0.05, 0.1) is 5.60 Å². The monoisotopic (exact) mass is 241 g/mol. The van der Waals surface area contributed by atoms with Crippen LogP contribution in [0.5, 0.6) is 0 Å². The molecule has 0 saturated heterocycles. The lowest BCUT2D eigenvalue weighted by molar-refractivity contribution is 0.0240. The molecule has 2 aliphatic rings. The van der Waals surface area contributed by atoms with Crippen LogP contribution in [-0.2, 0) is 0 Å². The highest BCUT2D eigenvalue weighted by Crippen LogP contribution is 2.47. The van der Waals surface area contributed by atoms with E-state index in [0.29, 0.717) is 12.0 Å². The second-order valence-corrected chi connectivity index (χ2v) is 6.22. The number of aliphatic hydroxyl groups is 2. The van der Waals surface area contributed by atoms with Crippen molar-refractivity contribution in [3.63, 3.8) is 0 Å². The molecule has 2 fully saturated rings. The van der Waals surface area contributed by atoms with Crippen LogP contribution in [0.25, 0.3) is 0 Å². The molecule has 0 heterocycles. The minimum atomic E-state index is -0.466. The molecular weight excluding hydrogens is 214 g/mol. The van der Waals surface area contributed by atoms with Gasteiger partial charge in [-0.25, -0.2) is 0 Å². The number of hydrogen-bond donors (Lipinski definition) is 3. The first kappa shape index (κ1) is 13.3. The van der Waals surface area contributed by atoms with Crippen molar-refractivity contribution in [3.05, 3.63) is 0 Å². The van der Waals surface area contributed by atoms with Gasteiger partial charge in [-0.05, 0) is 37.5 Å². The zero-order valence-corrected chi connectivity index (χ0v) is 10.9. The van der Waals surface area contributed by atoms with Gasteiger partial charge >= 0.3 is 0 Å². The molecule has 0 aromatic carbocycles. The van der Waals surface area contributed by atoms with E-state index in [4.69, 9.17) is 5.11 Å². The van der Waals surface area contributed by atoms with E-state index in [1.165, 1.54) is 38.5 Å². The number of nitrogens with one attached hydrogen (secondary N) is 1. The van der Waals surface area contributed by atoms with Gasteiger partial charge in [-0.2, -0.15) is 0 Å². The molecule has 0 radical (unpaired) electrons. The first-order valence-corrected chi connectivity index (χ1v) is 7.22. The van der Waals surface area contributed by atoms with Crippen molar-refractivity contribution in [2.45, 2.75) is 63.4 Å². The number of rotatable bonds is 6. The molecule has 3 nitrogen and oxygen atoms in total. The van der Waals surface area contributed by atoms with Gasteiger partial charge in [0.15, 0.2) is 0 Å². The molecule has 0 aromatic rings. The van der Waals surface area contributed by atoms with Gasteiger partial charge in [0.2, 0.25) is 0 Å². The molecule has 2 aliphatic carbocycles. The van der Waals surface area contributed by atoms with Crippen molar-refractivity contribution in [2.24, 2.45) is 5.41 Å². The maximum Gasteiger partial charge on any atom is 0.0771 e. The second-order valence-electron chi connectivity index (χ2n) is 6.22. The van der Waals surface area contributed by atoms with Crippen LogP contribution >= 0.6 is 0 Å². The third-order valence-corrected chi connectivity index (χ3v) is 4.59. The van der Waals surface area contributed by atoms with Gasteiger partial charge in [0.1, 0.15) is 0 Å². The van der Waals surface area contributed by atoms with Crippen molar-refractivity contribution < 1.29 is 10.2 Å². The lowest BCUT2D eigenvalue weighted by atomic mass is 9.94. The predicted octanol–water partition coefficient (Wildman–Crippen LogP) is 1.82. The molecule has 17 heavy (non-hydrogen) atoms. The zero-order valence-electron chi connectivity index (χ0n) is 10.9. The van der Waals surface area contributed by atoms with Crippen LogP contribution in [0.2, 0.25) is 0 Å². The maximum atomic E-state index is 10.5. The molecule has 0 aromatic heterocycles. The highest BCUT2D eigenvalue weighted by atomic mass is 16.3. The average Bonchev–Trinajstić information content (AvgIpc) is 3.06. The van der Waals surface area contributed by atoms with E-state index in [1.807, 2.05) is 0 Å². The summed E-state index contributed by atoms with van der Waals surface area (Å²) in [5, 5.41) is 22.9. The lowest BCUT2D eigenvalue weighted by Gasteiger charge is -2.28. The SMILES string of the molecule is OCCC1(CNCC2(O)CCCCCC2)CC1. The Morgan fingerprint density at radius 1 is 0.882 bits per heavy atom. The smallest absolute Gasteiger partial charge is 0.0771 e. The topological polar surface area (TPSA) is 52.5 Å². The van der Waals surface area contributed by atoms with Crippen LogP contribution in [0.15, 0.2) is 0 Å². The van der Waals surface area contributed by atoms with Gasteiger partial charge in [-0.15, -0.1) is 0 Å². The van der Waals surface area contributed by atoms with Crippen LogP contribution < -0.4 is 5.32 Å². The van der Waals surface area contributed by atoms with Gasteiger partial charge in [0, 0.05) is 19.7 Å². The molecular formula is C14H27NO2. The van der Waals surface area contributed by atoms with Crippen molar-refractivity contribution in [2.75, 3.05) is 19.7 Å². The predicted molar refractivity (Wildman–Crippen MR) is 68.9 cm³/mol. The molecule has 0 bridgehead atoms. The standard InChI is InChI=1S/C14H27NO2/c16-10-9-13(7-8-13)11-15-12-14(17)5-3-1-2-4-6-14/h15-17H,1-12H2. The summed E-state index contributed by atoms with van der Waals surface area (Å²) < 4.78 is 0. The van der Waals surface area contributed by atoms with Crippen molar-refractivity contribution in [1.29, 1.82) is 0 Å². The van der Waals surface area contributed by atoms with Crippen LogP contribution in [0.1, 0.15) is 57.8 Å². The van der Waals surface area contributed by atoms with Crippen molar-refractivity contribution >= 4 is 0 Å². The molecule has 0 atom stereocenters. The van der Waals surface area contributed by atoms with E-state index in [-0.39, 0.29) is 0 Å². The Hall–Kier alpha value is -0.120. The molecule has 0 unspecified atom stereocenters. The van der Waals surface area contributed by atoms with Crippen LogP contribution in [0.4, 0.5) is 0 Å². The molecule has 3 N–H and O–H groups in total. The fourth-order valence-corrected chi connectivity index (χ4v) is 3.05. The van der Waals surface area contributed by atoms with Gasteiger partial charge in [-0.3, -0.25) is 0 Å². The second kappa shape index (κ2) is 5.68. The van der Waals surface area contributed by atoms with Crippen LogP contribution in [-0.4, -0.2) is 35.5 Å². The molecule has 0 spiro atoms. The molecule has 3 heteroatoms. The van der Waals surface area contributed by atoms with Crippen molar-refractivity contribution in [1.82, 2.24) is 5.32 Å². The third kappa shape index (κ3) is 3.94. The summed E-state index contributed by atoms with van der Waals surface area (Å²) in [4.78, 5) is 0. The van der Waals surface area contributed by atoms with E-state index in [0.717, 1.165) is 32.4 Å². The van der Waals surface area contributed by atoms with Gasteiger partial charge in [0.25, 0.3) is 0 Å². The Balaban J connectivity index is 1.70. The summed E-state index contributed by atoms with van der Waals surface area (Å²) in [6.45, 7) is 2.00. The summed E-state index contributed by atoms with van der Waals surface area (Å²) >= 11 is 0. The van der Waals surface area contributed by atoms with Crippen LogP contribution in [0.3, 0.4) is 0 Å². The van der Waals surface area contributed by atoms with Gasteiger partial charge < -0.3 is 15.5 Å². The molecule has 2 saturated carbocycles. The lowest BCUT2D eigenvalue weighted by Crippen LogP contribution is -2.42. The first-order valence-electron chi connectivity index (χ1n) is 7.22. The Morgan fingerprint density at radius 2 is 1.53 bits per heavy atom. The summed E-state index contributed by atoms with van der Waals surface area (Å²) in [6, 6.07) is 0. The largest absolute Gasteiger partial charge is 0.396 e. The van der Waals surface area contributed by atoms with Crippen LogP contribution in [0, 0.1) is 5.41 Å². The fraction of sp³-hybridized carbons (Fsp3) is 1.00. The first-order chi connectivity index (χ1) is 8.18. The number of hydrogen-bond acceptors (Lipinski definition) is 3. The quantitative estimate of drug-likeness (QED) is 0.622. The van der Waals surface area contributed by atoms with E-state index >= 15 is 0 Å². The Labute approximate surface area is 105 Å². The molecule has 2 rings (SSSR count). The summed E-state index contributed by atoms with van der Waals surface area (Å²) in [7, 11) is 0. The normalized spacial score (nSPS) is 26.5. The third-order valence-electron chi connectivity index (χ3n) is 4.59. The van der Waals surface area contributed by atoms with E-state index in [9.17, 15) is 5.11 Å². The van der Waals surface area contributed by atoms with E-state index < -0.39 is 5.60 Å². The molecule has 100 valence electrons. The highest BCUT2D eigenvalue weighted by molar-refractivity contribution is 4.95. The number of aliphatic hydroxyl groups excluding tert-OH is 1. The maximum absolute atomic E-state index is 10.5. The highest BCUT2D eigenvalue weighted by Gasteiger charge is 2.41. The Kier molecular flexibility index (Phi) is 4.45. The summed E-state index contributed by atoms with van der Waals surface area (Å²) in [5.41, 5.74) is -0.109. The molecule has 0 aliphatic heterocycles. The minimum Gasteiger partial charge on any atom is -0.396 e. The fourth-order valence-electron chi connectivity index (χ4n) is 3.05. The van der Waals surface area contributed by atoms with Crippen molar-refractivity contribution in [3.8, 4) is 0 Å². The average molecular weight is 241 g/mol. The minimum absolute atomic E-state index is 0.298. The zero-order chi connectivity index (χ0) is 12.2.